The molecule has 2 nitrogen and oxygen atoms in total. The smallest absolute Gasteiger partial charge is 0.0794 e. The summed E-state index contributed by atoms with van der Waals surface area (Å²) in [5.41, 5.74) is 1.91. The molecule has 4 heteroatoms. The zero-order valence-corrected chi connectivity index (χ0v) is 11.4. The molecule has 0 amide bonds. The molecule has 1 heterocycles. The average Bonchev–Trinajstić information content (AvgIpc) is 2.71. The normalized spacial score (nSPS) is 27.1. The summed E-state index contributed by atoms with van der Waals surface area (Å²) in [7, 11) is 2.23. The van der Waals surface area contributed by atoms with E-state index in [1.165, 1.54) is 30.6 Å². The van der Waals surface area contributed by atoms with Crippen LogP contribution in [0.3, 0.4) is 0 Å². The number of hydrogen-bond acceptors (Lipinski definition) is 3. The van der Waals surface area contributed by atoms with Crippen LogP contribution in [0.2, 0.25) is 0 Å². The van der Waals surface area contributed by atoms with E-state index in [0.29, 0.717) is 10.9 Å². The molecule has 15 heavy (non-hydrogen) atoms. The molecule has 1 aliphatic carbocycles. The van der Waals surface area contributed by atoms with Gasteiger partial charge in [0.25, 0.3) is 0 Å². The molecular formula is C11H17BrN2S. The number of rotatable bonds is 3. The molecule has 0 spiro atoms. The first-order valence-corrected chi connectivity index (χ1v) is 7.28. The summed E-state index contributed by atoms with van der Waals surface area (Å²) in [4.78, 5) is 8.62. The largest absolute Gasteiger partial charge is 0.297 e. The summed E-state index contributed by atoms with van der Waals surface area (Å²) in [6.07, 6.45) is 7.37. The average molecular weight is 289 g/mol. The van der Waals surface area contributed by atoms with Gasteiger partial charge in [0.15, 0.2) is 0 Å². The monoisotopic (exact) mass is 288 g/mol. The maximum absolute atomic E-state index is 4.12. The standard InChI is InChI=1S/C11H17BrN2S/c1-14(7-9-6-13-8-15-9)11-5-3-2-4-10(11)12/h6,8,10-11H,2-5,7H2,1H3. The number of halogens is 1. The first kappa shape index (κ1) is 11.6. The third kappa shape index (κ3) is 3.02. The van der Waals surface area contributed by atoms with Gasteiger partial charge in [-0.1, -0.05) is 28.8 Å². The van der Waals surface area contributed by atoms with Gasteiger partial charge in [-0.05, 0) is 19.9 Å². The topological polar surface area (TPSA) is 16.1 Å². The molecule has 0 aliphatic heterocycles. The highest BCUT2D eigenvalue weighted by atomic mass is 79.9. The van der Waals surface area contributed by atoms with Crippen LogP contribution >= 0.6 is 27.3 Å². The second-order valence-corrected chi connectivity index (χ2v) is 6.40. The Bertz CT molecular complexity index is 289. The molecule has 1 aliphatic rings. The minimum Gasteiger partial charge on any atom is -0.297 e. The van der Waals surface area contributed by atoms with Gasteiger partial charge in [-0.2, -0.15) is 0 Å². The lowest BCUT2D eigenvalue weighted by molar-refractivity contribution is 0.194. The molecule has 0 aromatic carbocycles. The Kier molecular flexibility index (Phi) is 4.17. The summed E-state index contributed by atoms with van der Waals surface area (Å²) >= 11 is 5.55. The third-order valence-electron chi connectivity index (χ3n) is 3.10. The highest BCUT2D eigenvalue weighted by molar-refractivity contribution is 9.09. The van der Waals surface area contributed by atoms with E-state index < -0.39 is 0 Å². The Morgan fingerprint density at radius 3 is 3.00 bits per heavy atom. The summed E-state index contributed by atoms with van der Waals surface area (Å²) in [5, 5.41) is 0. The first-order chi connectivity index (χ1) is 7.27. The number of alkyl halides is 1. The Morgan fingerprint density at radius 2 is 2.33 bits per heavy atom. The number of thiazole rings is 1. The van der Waals surface area contributed by atoms with Gasteiger partial charge in [-0.25, -0.2) is 0 Å². The lowest BCUT2D eigenvalue weighted by Gasteiger charge is -2.34. The summed E-state index contributed by atoms with van der Waals surface area (Å²) < 4.78 is 0. The number of nitrogens with zero attached hydrogens (tertiary/aromatic N) is 2. The van der Waals surface area contributed by atoms with E-state index in [-0.39, 0.29) is 0 Å². The first-order valence-electron chi connectivity index (χ1n) is 5.49. The molecule has 0 bridgehead atoms. The molecule has 1 aromatic heterocycles. The SMILES string of the molecule is CN(Cc1cncs1)C1CCCCC1Br. The van der Waals surface area contributed by atoms with Crippen molar-refractivity contribution in [3.8, 4) is 0 Å². The maximum Gasteiger partial charge on any atom is 0.0794 e. The van der Waals surface area contributed by atoms with Crippen LogP contribution in [0.25, 0.3) is 0 Å². The highest BCUT2D eigenvalue weighted by Crippen LogP contribution is 2.28. The molecular weight excluding hydrogens is 272 g/mol. The van der Waals surface area contributed by atoms with E-state index >= 15 is 0 Å². The molecule has 0 saturated heterocycles. The van der Waals surface area contributed by atoms with Crippen molar-refractivity contribution in [1.29, 1.82) is 0 Å². The van der Waals surface area contributed by atoms with Crippen molar-refractivity contribution in [2.24, 2.45) is 0 Å². The highest BCUT2D eigenvalue weighted by Gasteiger charge is 2.26. The zero-order valence-electron chi connectivity index (χ0n) is 9.03. The van der Waals surface area contributed by atoms with E-state index in [1.807, 2.05) is 11.7 Å². The van der Waals surface area contributed by atoms with Crippen molar-refractivity contribution in [2.45, 2.75) is 43.1 Å². The maximum atomic E-state index is 4.12. The van der Waals surface area contributed by atoms with Crippen LogP contribution in [0.4, 0.5) is 0 Å². The molecule has 1 fully saturated rings. The van der Waals surface area contributed by atoms with E-state index in [4.69, 9.17) is 0 Å². The predicted octanol–water partition coefficient (Wildman–Crippen LogP) is 3.28. The van der Waals surface area contributed by atoms with E-state index in [9.17, 15) is 0 Å². The Morgan fingerprint density at radius 1 is 1.53 bits per heavy atom. The summed E-state index contributed by atoms with van der Waals surface area (Å²) in [6.45, 7) is 1.04. The minimum atomic E-state index is 0.671. The number of hydrogen-bond donors (Lipinski definition) is 0. The zero-order chi connectivity index (χ0) is 10.7. The van der Waals surface area contributed by atoms with Crippen molar-refractivity contribution < 1.29 is 0 Å². The van der Waals surface area contributed by atoms with Gasteiger partial charge in [0.1, 0.15) is 0 Å². The van der Waals surface area contributed by atoms with Crippen LogP contribution in [0.15, 0.2) is 11.7 Å². The van der Waals surface area contributed by atoms with Crippen LogP contribution < -0.4 is 0 Å². The fourth-order valence-corrected chi connectivity index (χ4v) is 3.89. The van der Waals surface area contributed by atoms with Crippen LogP contribution in [0.5, 0.6) is 0 Å². The molecule has 1 saturated carbocycles. The van der Waals surface area contributed by atoms with Crippen LogP contribution in [-0.4, -0.2) is 27.8 Å². The van der Waals surface area contributed by atoms with Crippen LogP contribution in [0, 0.1) is 0 Å². The quantitative estimate of drug-likeness (QED) is 0.794. The lowest BCUT2D eigenvalue weighted by Crippen LogP contribution is -2.39. The van der Waals surface area contributed by atoms with Crippen molar-refractivity contribution in [1.82, 2.24) is 9.88 Å². The van der Waals surface area contributed by atoms with Crippen molar-refractivity contribution in [3.05, 3.63) is 16.6 Å². The second kappa shape index (κ2) is 5.41. The van der Waals surface area contributed by atoms with Gasteiger partial charge in [-0.15, -0.1) is 11.3 Å². The van der Waals surface area contributed by atoms with Crippen molar-refractivity contribution in [3.63, 3.8) is 0 Å². The van der Waals surface area contributed by atoms with Crippen LogP contribution in [0.1, 0.15) is 30.6 Å². The summed E-state index contributed by atoms with van der Waals surface area (Å²) in [6, 6.07) is 0.695. The van der Waals surface area contributed by atoms with Gasteiger partial charge < -0.3 is 0 Å². The van der Waals surface area contributed by atoms with Gasteiger partial charge in [0, 0.05) is 28.5 Å². The molecule has 2 unspecified atom stereocenters. The Balaban J connectivity index is 1.91. The molecule has 1 aromatic rings. The van der Waals surface area contributed by atoms with Crippen molar-refractivity contribution in [2.75, 3.05) is 7.05 Å². The third-order valence-corrected chi connectivity index (χ3v) is 4.93. The predicted molar refractivity (Wildman–Crippen MR) is 68.6 cm³/mol. The van der Waals surface area contributed by atoms with Gasteiger partial charge in [-0.3, -0.25) is 9.88 Å². The molecule has 2 atom stereocenters. The van der Waals surface area contributed by atoms with Gasteiger partial charge >= 0.3 is 0 Å². The van der Waals surface area contributed by atoms with Crippen LogP contribution in [-0.2, 0) is 6.54 Å². The fourth-order valence-electron chi connectivity index (χ4n) is 2.25. The van der Waals surface area contributed by atoms with Gasteiger partial charge in [0.2, 0.25) is 0 Å². The Labute approximate surface area is 104 Å². The Hall–Kier alpha value is 0.0700. The number of aromatic nitrogens is 1. The fraction of sp³-hybridized carbons (Fsp3) is 0.727. The summed E-state index contributed by atoms with van der Waals surface area (Å²) in [5.74, 6) is 0. The molecule has 2 rings (SSSR count). The van der Waals surface area contributed by atoms with E-state index in [0.717, 1.165) is 6.54 Å². The lowest BCUT2D eigenvalue weighted by atomic mass is 9.94. The second-order valence-electron chi connectivity index (χ2n) is 4.25. The van der Waals surface area contributed by atoms with E-state index in [2.05, 4.69) is 32.9 Å². The molecule has 84 valence electrons. The molecule has 0 radical (unpaired) electrons. The molecule has 0 N–H and O–H groups in total. The minimum absolute atomic E-state index is 0.671. The van der Waals surface area contributed by atoms with E-state index in [1.54, 1.807) is 11.3 Å². The van der Waals surface area contributed by atoms with Crippen molar-refractivity contribution >= 4 is 27.3 Å². The van der Waals surface area contributed by atoms with Gasteiger partial charge in [0.05, 0.1) is 5.51 Å².